The third-order valence-corrected chi connectivity index (χ3v) is 6.23. The zero-order chi connectivity index (χ0) is 21.9. The minimum Gasteiger partial charge on any atom is -0.486 e. The van der Waals surface area contributed by atoms with Crippen LogP contribution in [-0.4, -0.2) is 62.0 Å². The summed E-state index contributed by atoms with van der Waals surface area (Å²) in [6, 6.07) is 12.9. The minimum absolute atomic E-state index is 0.144. The first kappa shape index (κ1) is 20.7. The van der Waals surface area contributed by atoms with E-state index in [1.807, 2.05) is 36.4 Å². The zero-order valence-electron chi connectivity index (χ0n) is 17.3. The van der Waals surface area contributed by atoms with Crippen molar-refractivity contribution in [1.82, 2.24) is 4.90 Å². The van der Waals surface area contributed by atoms with E-state index in [1.165, 1.54) is 11.8 Å². The monoisotopic (exact) mass is 454 g/mol. The highest BCUT2D eigenvalue weighted by atomic mass is 32.2. The first-order valence-corrected chi connectivity index (χ1v) is 11.4. The maximum Gasteiger partial charge on any atom is 0.291 e. The molecule has 2 aromatic carbocycles. The average Bonchev–Trinajstić information content (AvgIpc) is 3.21. The molecule has 1 saturated heterocycles. The molecule has 9 heteroatoms. The maximum atomic E-state index is 13.1. The number of furan rings is 1. The first-order valence-electron chi connectivity index (χ1n) is 10.4. The third kappa shape index (κ3) is 4.26. The fraction of sp³-hybridized carbons (Fsp3) is 0.304. The Labute approximate surface area is 188 Å². The predicted molar refractivity (Wildman–Crippen MR) is 120 cm³/mol. The van der Waals surface area contributed by atoms with Crippen molar-refractivity contribution < 1.29 is 28.2 Å². The second kappa shape index (κ2) is 9.13. The Morgan fingerprint density at radius 3 is 2.59 bits per heavy atom. The largest absolute Gasteiger partial charge is 0.486 e. The summed E-state index contributed by atoms with van der Waals surface area (Å²) in [6.07, 6.45) is 0. The second-order valence-corrected chi connectivity index (χ2v) is 8.40. The number of amides is 2. The van der Waals surface area contributed by atoms with Crippen molar-refractivity contribution in [3.05, 3.63) is 48.2 Å². The topological polar surface area (TPSA) is 90.2 Å². The van der Waals surface area contributed by atoms with E-state index in [-0.39, 0.29) is 23.3 Å². The number of nitrogens with zero attached hydrogens (tertiary/aromatic N) is 1. The number of thioether (sulfide) groups is 1. The normalized spacial score (nSPS) is 15.6. The number of benzene rings is 2. The van der Waals surface area contributed by atoms with Crippen LogP contribution in [0.4, 0.5) is 5.69 Å². The molecule has 0 aliphatic carbocycles. The number of nitrogens with one attached hydrogen (secondary N) is 1. The molecule has 2 amide bonds. The van der Waals surface area contributed by atoms with Gasteiger partial charge in [-0.2, -0.15) is 0 Å². The molecule has 8 nitrogen and oxygen atoms in total. The number of hydrogen-bond donors (Lipinski definition) is 1. The molecule has 2 aliphatic rings. The number of rotatable bonds is 5. The van der Waals surface area contributed by atoms with Crippen LogP contribution in [0.2, 0.25) is 0 Å². The molecule has 3 aromatic rings. The van der Waals surface area contributed by atoms with Crippen molar-refractivity contribution >= 4 is 40.2 Å². The molecule has 1 fully saturated rings. The van der Waals surface area contributed by atoms with E-state index < -0.39 is 0 Å². The molecule has 3 heterocycles. The molecule has 5 rings (SSSR count). The van der Waals surface area contributed by atoms with Gasteiger partial charge in [-0.3, -0.25) is 9.59 Å². The van der Waals surface area contributed by atoms with Crippen molar-refractivity contribution in [2.24, 2.45) is 0 Å². The summed E-state index contributed by atoms with van der Waals surface area (Å²) in [5.74, 6) is 1.23. The highest BCUT2D eigenvalue weighted by molar-refractivity contribution is 8.00. The Hall–Kier alpha value is -3.17. The minimum atomic E-state index is -0.251. The van der Waals surface area contributed by atoms with E-state index in [2.05, 4.69) is 5.32 Å². The number of anilines is 1. The van der Waals surface area contributed by atoms with Crippen LogP contribution in [0.5, 0.6) is 11.5 Å². The number of carbonyl (C=O) groups excluding carboxylic acids is 2. The molecular weight excluding hydrogens is 432 g/mol. The van der Waals surface area contributed by atoms with Crippen molar-refractivity contribution in [3.8, 4) is 11.5 Å². The first-order chi connectivity index (χ1) is 15.7. The van der Waals surface area contributed by atoms with Crippen molar-refractivity contribution in [2.75, 3.05) is 50.6 Å². The molecule has 0 bridgehead atoms. The molecule has 0 unspecified atom stereocenters. The molecule has 32 heavy (non-hydrogen) atoms. The molecule has 0 spiro atoms. The third-order valence-electron chi connectivity index (χ3n) is 5.24. The van der Waals surface area contributed by atoms with Crippen molar-refractivity contribution in [1.29, 1.82) is 0 Å². The highest BCUT2D eigenvalue weighted by Crippen LogP contribution is 2.35. The zero-order valence-corrected chi connectivity index (χ0v) is 18.1. The van der Waals surface area contributed by atoms with Crippen molar-refractivity contribution in [2.45, 2.75) is 4.90 Å². The summed E-state index contributed by atoms with van der Waals surface area (Å²) in [6.45, 7) is 2.99. The van der Waals surface area contributed by atoms with E-state index in [0.29, 0.717) is 67.7 Å². The van der Waals surface area contributed by atoms with Crippen molar-refractivity contribution in [3.63, 3.8) is 0 Å². The summed E-state index contributed by atoms with van der Waals surface area (Å²) >= 11 is 1.38. The highest BCUT2D eigenvalue weighted by Gasteiger charge is 2.27. The Bertz CT molecular complexity index is 1150. The van der Waals surface area contributed by atoms with Gasteiger partial charge >= 0.3 is 0 Å². The van der Waals surface area contributed by atoms with Crippen LogP contribution >= 0.6 is 11.8 Å². The second-order valence-electron chi connectivity index (χ2n) is 7.35. The standard InChI is InChI=1S/C23H22N2O6S/c26-20(14-32-15-5-6-18-19(13-15)30-12-11-29-18)24-21-16-3-1-2-4-17(16)31-22(21)23(27)25-7-9-28-10-8-25/h1-6,13H,7-12,14H2,(H,24,26). The van der Waals surface area contributed by atoms with E-state index in [0.717, 1.165) is 4.90 Å². The summed E-state index contributed by atoms with van der Waals surface area (Å²) in [5.41, 5.74) is 0.962. The summed E-state index contributed by atoms with van der Waals surface area (Å²) in [7, 11) is 0. The average molecular weight is 455 g/mol. The Balaban J connectivity index is 1.32. The number of hydrogen-bond acceptors (Lipinski definition) is 7. The fourth-order valence-electron chi connectivity index (χ4n) is 3.67. The Morgan fingerprint density at radius 2 is 1.75 bits per heavy atom. The molecule has 1 aromatic heterocycles. The van der Waals surface area contributed by atoms with Crippen LogP contribution in [0.3, 0.4) is 0 Å². The number of fused-ring (bicyclic) bond motifs is 2. The lowest BCUT2D eigenvalue weighted by Crippen LogP contribution is -2.40. The van der Waals surface area contributed by atoms with Gasteiger partial charge in [0.15, 0.2) is 11.5 Å². The summed E-state index contributed by atoms with van der Waals surface area (Å²) in [4.78, 5) is 28.5. The van der Waals surface area contributed by atoms with Gasteiger partial charge in [0.05, 0.1) is 19.0 Å². The molecule has 1 N–H and O–H groups in total. The van der Waals surface area contributed by atoms with Gasteiger partial charge in [-0.15, -0.1) is 11.8 Å². The summed E-state index contributed by atoms with van der Waals surface area (Å²) < 4.78 is 22.3. The molecule has 0 radical (unpaired) electrons. The van der Waals surface area contributed by atoms with Crippen LogP contribution in [0.15, 0.2) is 51.8 Å². The van der Waals surface area contributed by atoms with Gasteiger partial charge < -0.3 is 28.8 Å². The van der Waals surface area contributed by atoms with Crippen LogP contribution in [0, 0.1) is 0 Å². The predicted octanol–water partition coefficient (Wildman–Crippen LogP) is 3.41. The van der Waals surface area contributed by atoms with Gasteiger partial charge in [-0.05, 0) is 30.3 Å². The van der Waals surface area contributed by atoms with Gasteiger partial charge in [-0.1, -0.05) is 12.1 Å². The molecule has 0 atom stereocenters. The fourth-order valence-corrected chi connectivity index (χ4v) is 4.39. The lowest BCUT2D eigenvalue weighted by molar-refractivity contribution is -0.113. The number of morpholine rings is 1. The van der Waals surface area contributed by atoms with E-state index >= 15 is 0 Å². The smallest absolute Gasteiger partial charge is 0.291 e. The van der Waals surface area contributed by atoms with Gasteiger partial charge in [-0.25, -0.2) is 0 Å². The van der Waals surface area contributed by atoms with Gasteiger partial charge in [0, 0.05) is 23.4 Å². The number of ether oxygens (including phenoxy) is 3. The van der Waals surface area contributed by atoms with E-state index in [4.69, 9.17) is 18.6 Å². The Kier molecular flexibility index (Phi) is 5.91. The molecule has 0 saturated carbocycles. The van der Waals surface area contributed by atoms with E-state index in [9.17, 15) is 9.59 Å². The van der Waals surface area contributed by atoms with Gasteiger partial charge in [0.2, 0.25) is 11.7 Å². The number of carbonyl (C=O) groups is 2. The van der Waals surface area contributed by atoms with Gasteiger partial charge in [0.1, 0.15) is 24.5 Å². The molecular formula is C23H22N2O6S. The van der Waals surface area contributed by atoms with Crippen LogP contribution in [-0.2, 0) is 9.53 Å². The van der Waals surface area contributed by atoms with Gasteiger partial charge in [0.25, 0.3) is 5.91 Å². The molecule has 2 aliphatic heterocycles. The number of para-hydroxylation sites is 1. The Morgan fingerprint density at radius 1 is 0.969 bits per heavy atom. The van der Waals surface area contributed by atoms with Crippen LogP contribution in [0.25, 0.3) is 11.0 Å². The van der Waals surface area contributed by atoms with E-state index in [1.54, 1.807) is 11.0 Å². The maximum absolute atomic E-state index is 13.1. The lowest BCUT2D eigenvalue weighted by Gasteiger charge is -2.26. The van der Waals surface area contributed by atoms with Crippen LogP contribution < -0.4 is 14.8 Å². The summed E-state index contributed by atoms with van der Waals surface area (Å²) in [5, 5.41) is 3.59. The SMILES string of the molecule is O=C(CSc1ccc2c(c1)OCCO2)Nc1c(C(=O)N2CCOCC2)oc2ccccc12. The lowest BCUT2D eigenvalue weighted by atomic mass is 10.2. The molecule has 166 valence electrons. The van der Waals surface area contributed by atoms with Crippen LogP contribution in [0.1, 0.15) is 10.6 Å². The quantitative estimate of drug-likeness (QED) is 0.591.